The highest BCUT2D eigenvalue weighted by atomic mass is 32.2. The van der Waals surface area contributed by atoms with Gasteiger partial charge in [-0.3, -0.25) is 24.5 Å². The molecule has 2 aromatic rings. The maximum Gasteiger partial charge on any atom is 0.307 e. The topological polar surface area (TPSA) is 128 Å². The zero-order valence-corrected chi connectivity index (χ0v) is 18.6. The molecule has 0 aliphatic carbocycles. The molecule has 0 radical (unpaired) electrons. The zero-order chi connectivity index (χ0) is 23.8. The number of amides is 2. The number of aliphatic carboxylic acids is 1. The molecule has 1 unspecified atom stereocenters. The van der Waals surface area contributed by atoms with E-state index in [-0.39, 0.29) is 30.6 Å². The Kier molecular flexibility index (Phi) is 8.31. The minimum atomic E-state index is -1.08. The third-order valence-corrected chi connectivity index (χ3v) is 5.78. The van der Waals surface area contributed by atoms with Crippen LogP contribution in [0.25, 0.3) is 0 Å². The van der Waals surface area contributed by atoms with E-state index >= 15 is 0 Å². The fourth-order valence-corrected chi connectivity index (χ4v) is 3.96. The molecule has 1 heterocycles. The van der Waals surface area contributed by atoms with Crippen molar-refractivity contribution in [3.8, 4) is 11.5 Å². The SMILES string of the molecule is COc1cccc([C@@H](COc2ccc(CC3SC(=O)NC3=O)cc2)OC(=O)CCC(=O)O)c1. The number of methoxy groups -OCH3 is 1. The van der Waals surface area contributed by atoms with E-state index in [1.807, 2.05) is 0 Å². The van der Waals surface area contributed by atoms with Crippen molar-refractivity contribution in [2.45, 2.75) is 30.6 Å². The fraction of sp³-hybridized carbons (Fsp3) is 0.304. The second-order valence-electron chi connectivity index (χ2n) is 7.19. The summed E-state index contributed by atoms with van der Waals surface area (Å²) in [5.41, 5.74) is 1.51. The second kappa shape index (κ2) is 11.4. The van der Waals surface area contributed by atoms with E-state index in [0.717, 1.165) is 17.3 Å². The Morgan fingerprint density at radius 2 is 1.85 bits per heavy atom. The minimum absolute atomic E-state index is 0.000705. The van der Waals surface area contributed by atoms with Gasteiger partial charge in [-0.15, -0.1) is 0 Å². The molecule has 0 spiro atoms. The van der Waals surface area contributed by atoms with E-state index in [9.17, 15) is 19.2 Å². The average molecular weight is 474 g/mol. The van der Waals surface area contributed by atoms with E-state index in [4.69, 9.17) is 19.3 Å². The molecule has 0 saturated carbocycles. The van der Waals surface area contributed by atoms with Crippen molar-refractivity contribution in [2.75, 3.05) is 13.7 Å². The summed E-state index contributed by atoms with van der Waals surface area (Å²) in [5, 5.41) is 10.3. The number of ether oxygens (including phenoxy) is 3. The van der Waals surface area contributed by atoms with Crippen LogP contribution >= 0.6 is 11.8 Å². The van der Waals surface area contributed by atoms with Gasteiger partial charge in [-0.05, 0) is 41.8 Å². The quantitative estimate of drug-likeness (QED) is 0.473. The molecule has 3 rings (SSSR count). The number of carboxylic acid groups (broad SMARTS) is 1. The number of carbonyl (C=O) groups is 4. The van der Waals surface area contributed by atoms with Crippen molar-refractivity contribution < 1.29 is 38.5 Å². The van der Waals surface area contributed by atoms with Gasteiger partial charge in [0.25, 0.3) is 5.24 Å². The van der Waals surface area contributed by atoms with Crippen LogP contribution in [0.2, 0.25) is 0 Å². The molecule has 1 aliphatic rings. The average Bonchev–Trinajstić information content (AvgIpc) is 3.12. The summed E-state index contributed by atoms with van der Waals surface area (Å²) in [4.78, 5) is 45.9. The largest absolute Gasteiger partial charge is 0.497 e. The van der Waals surface area contributed by atoms with Gasteiger partial charge in [-0.2, -0.15) is 0 Å². The normalized spacial score (nSPS) is 16.1. The lowest BCUT2D eigenvalue weighted by Crippen LogP contribution is -2.25. The molecule has 0 aromatic heterocycles. The number of carbonyl (C=O) groups excluding carboxylic acids is 3. The van der Waals surface area contributed by atoms with Crippen LogP contribution in [0.4, 0.5) is 4.79 Å². The molecule has 1 saturated heterocycles. The Hall–Kier alpha value is -3.53. The number of hydrogen-bond acceptors (Lipinski definition) is 8. The lowest BCUT2D eigenvalue weighted by atomic mass is 10.1. The van der Waals surface area contributed by atoms with Crippen LogP contribution in [0.5, 0.6) is 11.5 Å². The van der Waals surface area contributed by atoms with E-state index in [2.05, 4.69) is 5.32 Å². The number of thioether (sulfide) groups is 1. The third-order valence-electron chi connectivity index (χ3n) is 4.80. The number of carboxylic acids is 1. The molecular formula is C23H23NO8S. The molecule has 174 valence electrons. The van der Waals surface area contributed by atoms with E-state index < -0.39 is 23.3 Å². The van der Waals surface area contributed by atoms with Gasteiger partial charge >= 0.3 is 11.9 Å². The number of esters is 1. The van der Waals surface area contributed by atoms with Crippen LogP contribution in [0.1, 0.15) is 30.1 Å². The molecule has 1 aliphatic heterocycles. The predicted octanol–water partition coefficient (Wildman–Crippen LogP) is 3.12. The Labute approximate surface area is 194 Å². The van der Waals surface area contributed by atoms with Crippen molar-refractivity contribution in [3.63, 3.8) is 0 Å². The van der Waals surface area contributed by atoms with Crippen molar-refractivity contribution >= 4 is 34.8 Å². The summed E-state index contributed by atoms with van der Waals surface area (Å²) in [6.07, 6.45) is -0.934. The van der Waals surface area contributed by atoms with Crippen molar-refractivity contribution in [1.29, 1.82) is 0 Å². The first-order valence-electron chi connectivity index (χ1n) is 10.1. The van der Waals surface area contributed by atoms with Crippen LogP contribution in [0.3, 0.4) is 0 Å². The summed E-state index contributed by atoms with van der Waals surface area (Å²) >= 11 is 0.973. The van der Waals surface area contributed by atoms with E-state index in [0.29, 0.717) is 23.5 Å². The lowest BCUT2D eigenvalue weighted by molar-refractivity contribution is -0.153. The van der Waals surface area contributed by atoms with Crippen LogP contribution in [0, 0.1) is 0 Å². The minimum Gasteiger partial charge on any atom is -0.497 e. The number of benzene rings is 2. The van der Waals surface area contributed by atoms with Gasteiger partial charge < -0.3 is 19.3 Å². The fourth-order valence-electron chi connectivity index (χ4n) is 3.10. The molecule has 2 N–H and O–H groups in total. The monoisotopic (exact) mass is 473 g/mol. The lowest BCUT2D eigenvalue weighted by Gasteiger charge is -2.19. The predicted molar refractivity (Wildman–Crippen MR) is 119 cm³/mol. The first-order valence-corrected chi connectivity index (χ1v) is 11.0. The van der Waals surface area contributed by atoms with Gasteiger partial charge in [0, 0.05) is 0 Å². The molecular weight excluding hydrogens is 450 g/mol. The molecule has 33 heavy (non-hydrogen) atoms. The Bertz CT molecular complexity index is 1020. The van der Waals surface area contributed by atoms with E-state index in [1.54, 1.807) is 48.5 Å². The summed E-state index contributed by atoms with van der Waals surface area (Å²) < 4.78 is 16.5. The summed E-state index contributed by atoms with van der Waals surface area (Å²) in [7, 11) is 1.52. The van der Waals surface area contributed by atoms with Crippen LogP contribution in [0.15, 0.2) is 48.5 Å². The standard InChI is InChI=1S/C23H23NO8S/c1-30-17-4-2-3-15(12-17)18(32-21(27)10-9-20(25)26)13-31-16-7-5-14(6-8-16)11-19-22(28)24-23(29)33-19/h2-8,12,18-19H,9-11,13H2,1H3,(H,25,26)(H,24,28,29)/t18-,19?/m1/s1. The second-order valence-corrected chi connectivity index (χ2v) is 8.37. The smallest absolute Gasteiger partial charge is 0.307 e. The number of imide groups is 1. The van der Waals surface area contributed by atoms with Crippen molar-refractivity contribution in [3.05, 3.63) is 59.7 Å². The molecule has 2 atom stereocenters. The molecule has 0 bridgehead atoms. The van der Waals surface area contributed by atoms with Gasteiger partial charge in [0.15, 0.2) is 6.10 Å². The third kappa shape index (κ3) is 7.25. The van der Waals surface area contributed by atoms with Crippen molar-refractivity contribution in [2.24, 2.45) is 0 Å². The van der Waals surface area contributed by atoms with Gasteiger partial charge in [0.1, 0.15) is 18.1 Å². The first-order chi connectivity index (χ1) is 15.8. The molecule has 1 fully saturated rings. The Morgan fingerprint density at radius 3 is 2.48 bits per heavy atom. The maximum atomic E-state index is 12.1. The number of nitrogens with one attached hydrogen (secondary N) is 1. The van der Waals surface area contributed by atoms with Crippen LogP contribution in [-0.4, -0.2) is 47.2 Å². The molecule has 2 amide bonds. The summed E-state index contributed by atoms with van der Waals surface area (Å²) in [5.74, 6) is -0.926. The highest BCUT2D eigenvalue weighted by molar-refractivity contribution is 8.15. The first kappa shape index (κ1) is 24.1. The Balaban J connectivity index is 1.64. The summed E-state index contributed by atoms with van der Waals surface area (Å²) in [6, 6.07) is 14.0. The molecule has 9 nitrogen and oxygen atoms in total. The molecule has 10 heteroatoms. The van der Waals surface area contributed by atoms with Gasteiger partial charge in [0.2, 0.25) is 5.91 Å². The van der Waals surface area contributed by atoms with Gasteiger partial charge in [0.05, 0.1) is 25.2 Å². The highest BCUT2D eigenvalue weighted by Crippen LogP contribution is 2.26. The zero-order valence-electron chi connectivity index (χ0n) is 17.8. The van der Waals surface area contributed by atoms with Gasteiger partial charge in [-0.1, -0.05) is 36.0 Å². The maximum absolute atomic E-state index is 12.1. The number of rotatable bonds is 11. The van der Waals surface area contributed by atoms with Crippen molar-refractivity contribution in [1.82, 2.24) is 5.32 Å². The highest BCUT2D eigenvalue weighted by Gasteiger charge is 2.31. The van der Waals surface area contributed by atoms with Gasteiger partial charge in [-0.25, -0.2) is 0 Å². The summed E-state index contributed by atoms with van der Waals surface area (Å²) in [6.45, 7) is 0.000705. The van der Waals surface area contributed by atoms with Crippen LogP contribution < -0.4 is 14.8 Å². The van der Waals surface area contributed by atoms with Crippen LogP contribution in [-0.2, 0) is 25.5 Å². The molecule has 2 aromatic carbocycles. The Morgan fingerprint density at radius 1 is 1.09 bits per heavy atom. The van der Waals surface area contributed by atoms with E-state index in [1.165, 1.54) is 7.11 Å². The number of hydrogen-bond donors (Lipinski definition) is 2.